The maximum absolute atomic E-state index is 13.2. The maximum atomic E-state index is 13.2. The summed E-state index contributed by atoms with van der Waals surface area (Å²) in [6.07, 6.45) is -4.76. The fourth-order valence-corrected chi connectivity index (χ4v) is 2.40. The van der Waals surface area contributed by atoms with Crippen LogP contribution < -0.4 is 5.32 Å². The molecule has 0 aliphatic carbocycles. The van der Waals surface area contributed by atoms with Gasteiger partial charge < -0.3 is 9.84 Å². The Morgan fingerprint density at radius 3 is 2.48 bits per heavy atom. The average molecular weight is 382 g/mol. The Morgan fingerprint density at radius 1 is 1.04 bits per heavy atom. The first-order valence-corrected chi connectivity index (χ1v) is 7.60. The van der Waals surface area contributed by atoms with Crippen LogP contribution in [0.15, 0.2) is 53.1 Å². The van der Waals surface area contributed by atoms with E-state index in [1.54, 1.807) is 6.07 Å². The smallest absolute Gasteiger partial charge is 0.350 e. The number of carbonyl (C=O) groups is 1. The van der Waals surface area contributed by atoms with Gasteiger partial charge in [0.05, 0.1) is 5.56 Å². The first-order chi connectivity index (χ1) is 12.7. The molecule has 3 aromatic rings. The second-order valence-electron chi connectivity index (χ2n) is 5.57. The highest BCUT2D eigenvalue weighted by Gasteiger charge is 2.33. The molecule has 3 rings (SSSR count). The lowest BCUT2D eigenvalue weighted by Gasteiger charge is -2.13. The minimum absolute atomic E-state index is 0.192. The zero-order valence-electron chi connectivity index (χ0n) is 13.5. The molecule has 1 heterocycles. The van der Waals surface area contributed by atoms with Gasteiger partial charge in [-0.25, -0.2) is 8.78 Å². The van der Waals surface area contributed by atoms with Gasteiger partial charge in [0.25, 0.3) is 5.91 Å². The third kappa shape index (κ3) is 4.30. The van der Waals surface area contributed by atoms with Crippen LogP contribution in [0.4, 0.5) is 22.0 Å². The van der Waals surface area contributed by atoms with E-state index in [-0.39, 0.29) is 17.0 Å². The van der Waals surface area contributed by atoms with Crippen LogP contribution in [0.1, 0.15) is 21.7 Å². The molecule has 0 aliphatic rings. The van der Waals surface area contributed by atoms with Crippen molar-refractivity contribution in [3.8, 4) is 11.3 Å². The normalized spacial score (nSPS) is 11.4. The molecule has 4 nitrogen and oxygen atoms in total. The maximum Gasteiger partial charge on any atom is 0.416 e. The fraction of sp³-hybridized carbons (Fsp3) is 0.111. The third-order valence-corrected chi connectivity index (χ3v) is 3.67. The standard InChI is InChI=1S/C18H11F5N2O2/c19-12-3-1-2-10(6-12)15-8-16(27-25-15)17(26)24-9-11-4-5-13(20)7-14(11)18(21,22)23/h1-8H,9H2,(H,24,26). The average Bonchev–Trinajstić information content (AvgIpc) is 3.10. The van der Waals surface area contributed by atoms with E-state index in [0.717, 1.165) is 12.1 Å². The van der Waals surface area contributed by atoms with Crippen molar-refractivity contribution in [2.45, 2.75) is 12.7 Å². The molecule has 1 amide bonds. The summed E-state index contributed by atoms with van der Waals surface area (Å²) >= 11 is 0. The molecule has 1 N–H and O–H groups in total. The number of hydrogen-bond acceptors (Lipinski definition) is 3. The van der Waals surface area contributed by atoms with E-state index in [1.807, 2.05) is 0 Å². The Bertz CT molecular complexity index is 982. The van der Waals surface area contributed by atoms with Gasteiger partial charge in [-0.1, -0.05) is 23.4 Å². The lowest BCUT2D eigenvalue weighted by atomic mass is 10.1. The fourth-order valence-electron chi connectivity index (χ4n) is 2.40. The molecule has 0 spiro atoms. The van der Waals surface area contributed by atoms with Crippen LogP contribution in [-0.2, 0) is 12.7 Å². The molecule has 0 saturated heterocycles. The molecule has 0 atom stereocenters. The predicted molar refractivity (Wildman–Crippen MR) is 84.5 cm³/mol. The zero-order valence-corrected chi connectivity index (χ0v) is 13.5. The second kappa shape index (κ2) is 7.18. The van der Waals surface area contributed by atoms with Crippen molar-refractivity contribution in [2.24, 2.45) is 0 Å². The van der Waals surface area contributed by atoms with Crippen LogP contribution in [0, 0.1) is 11.6 Å². The summed E-state index contributed by atoms with van der Waals surface area (Å²) in [5.74, 6) is -2.61. The second-order valence-corrected chi connectivity index (χ2v) is 5.57. The third-order valence-electron chi connectivity index (χ3n) is 3.67. The molecule has 0 aliphatic heterocycles. The van der Waals surface area contributed by atoms with E-state index >= 15 is 0 Å². The Hall–Kier alpha value is -3.23. The van der Waals surface area contributed by atoms with E-state index in [4.69, 9.17) is 4.52 Å². The van der Waals surface area contributed by atoms with Crippen LogP contribution in [0.3, 0.4) is 0 Å². The topological polar surface area (TPSA) is 55.1 Å². The lowest BCUT2D eigenvalue weighted by molar-refractivity contribution is -0.138. The summed E-state index contributed by atoms with van der Waals surface area (Å²) in [4.78, 5) is 12.1. The molecular formula is C18H11F5N2O2. The number of carbonyl (C=O) groups excluding carboxylic acids is 1. The van der Waals surface area contributed by atoms with Gasteiger partial charge in [0.15, 0.2) is 0 Å². The van der Waals surface area contributed by atoms with Crippen LogP contribution >= 0.6 is 0 Å². The van der Waals surface area contributed by atoms with E-state index < -0.39 is 35.8 Å². The number of nitrogens with one attached hydrogen (secondary N) is 1. The molecule has 27 heavy (non-hydrogen) atoms. The van der Waals surface area contributed by atoms with E-state index in [2.05, 4.69) is 10.5 Å². The number of amides is 1. The number of benzene rings is 2. The first-order valence-electron chi connectivity index (χ1n) is 7.60. The largest absolute Gasteiger partial charge is 0.416 e. The first kappa shape index (κ1) is 18.6. The van der Waals surface area contributed by atoms with Crippen molar-refractivity contribution >= 4 is 5.91 Å². The van der Waals surface area contributed by atoms with Gasteiger partial charge in [-0.2, -0.15) is 13.2 Å². The molecule has 2 aromatic carbocycles. The summed E-state index contributed by atoms with van der Waals surface area (Å²) in [6, 6.07) is 8.83. The zero-order chi connectivity index (χ0) is 19.6. The number of halogens is 5. The Balaban J connectivity index is 1.74. The van der Waals surface area contributed by atoms with Crippen molar-refractivity contribution in [2.75, 3.05) is 0 Å². The highest BCUT2D eigenvalue weighted by molar-refractivity contribution is 5.92. The van der Waals surface area contributed by atoms with Crippen LogP contribution in [0.25, 0.3) is 11.3 Å². The van der Waals surface area contributed by atoms with Gasteiger partial charge in [0, 0.05) is 18.2 Å². The summed E-state index contributed by atoms with van der Waals surface area (Å²) in [7, 11) is 0. The Kier molecular flexibility index (Phi) is 4.93. The summed E-state index contributed by atoms with van der Waals surface area (Å²) < 4.78 is 70.1. The van der Waals surface area contributed by atoms with Crippen molar-refractivity contribution in [3.63, 3.8) is 0 Å². The minimum Gasteiger partial charge on any atom is -0.350 e. The lowest BCUT2D eigenvalue weighted by Crippen LogP contribution is -2.24. The molecule has 9 heteroatoms. The molecular weight excluding hydrogens is 371 g/mol. The quantitative estimate of drug-likeness (QED) is 0.673. The van der Waals surface area contributed by atoms with Gasteiger partial charge in [-0.15, -0.1) is 0 Å². The highest BCUT2D eigenvalue weighted by atomic mass is 19.4. The van der Waals surface area contributed by atoms with Gasteiger partial charge >= 0.3 is 6.18 Å². The van der Waals surface area contributed by atoms with Gasteiger partial charge in [-0.3, -0.25) is 4.79 Å². The summed E-state index contributed by atoms with van der Waals surface area (Å²) in [5.41, 5.74) is -0.920. The number of alkyl halides is 3. The molecule has 140 valence electrons. The molecule has 0 fully saturated rings. The summed E-state index contributed by atoms with van der Waals surface area (Å²) in [6.45, 7) is -0.496. The minimum atomic E-state index is -4.76. The summed E-state index contributed by atoms with van der Waals surface area (Å²) in [5, 5.41) is 5.89. The number of aromatic nitrogens is 1. The molecule has 0 bridgehead atoms. The SMILES string of the molecule is O=C(NCc1ccc(F)cc1C(F)(F)F)c1cc(-c2cccc(F)c2)no1. The molecule has 1 aromatic heterocycles. The van der Waals surface area contributed by atoms with Crippen LogP contribution in [0.5, 0.6) is 0 Å². The van der Waals surface area contributed by atoms with Crippen molar-refractivity contribution < 1.29 is 31.3 Å². The van der Waals surface area contributed by atoms with Crippen LogP contribution in [0.2, 0.25) is 0 Å². The predicted octanol–water partition coefficient (Wildman–Crippen LogP) is 4.57. The monoisotopic (exact) mass is 382 g/mol. The van der Waals surface area contributed by atoms with Gasteiger partial charge in [0.2, 0.25) is 5.76 Å². The number of rotatable bonds is 4. The van der Waals surface area contributed by atoms with Crippen molar-refractivity contribution in [3.05, 3.63) is 77.1 Å². The highest BCUT2D eigenvalue weighted by Crippen LogP contribution is 2.32. The number of hydrogen-bond donors (Lipinski definition) is 1. The number of nitrogens with zero attached hydrogens (tertiary/aromatic N) is 1. The van der Waals surface area contributed by atoms with E-state index in [1.165, 1.54) is 24.3 Å². The van der Waals surface area contributed by atoms with Crippen molar-refractivity contribution in [1.82, 2.24) is 10.5 Å². The van der Waals surface area contributed by atoms with E-state index in [0.29, 0.717) is 11.6 Å². The van der Waals surface area contributed by atoms with Crippen LogP contribution in [-0.4, -0.2) is 11.1 Å². The molecule has 0 saturated carbocycles. The molecule has 0 unspecified atom stereocenters. The Labute approximate surface area is 149 Å². The van der Waals surface area contributed by atoms with Crippen molar-refractivity contribution in [1.29, 1.82) is 0 Å². The Morgan fingerprint density at radius 2 is 1.78 bits per heavy atom. The van der Waals surface area contributed by atoms with Gasteiger partial charge in [-0.05, 0) is 29.8 Å². The van der Waals surface area contributed by atoms with E-state index in [9.17, 15) is 26.7 Å². The van der Waals surface area contributed by atoms with Gasteiger partial charge in [0.1, 0.15) is 17.3 Å². The molecule has 0 radical (unpaired) electrons.